The summed E-state index contributed by atoms with van der Waals surface area (Å²) >= 11 is 0. The third-order valence-electron chi connectivity index (χ3n) is 3.92. The smallest absolute Gasteiger partial charge is 0.298 e. The van der Waals surface area contributed by atoms with Crippen LogP contribution in [-0.2, 0) is 20.2 Å². The van der Waals surface area contributed by atoms with E-state index in [0.717, 1.165) is 36.4 Å². The van der Waals surface area contributed by atoms with Crippen LogP contribution in [-0.4, -0.2) is 65.5 Å². The first-order valence-electron chi connectivity index (χ1n) is 7.79. The zero-order chi connectivity index (χ0) is 22.3. The number of phenols is 1. The molecule has 0 heterocycles. The number of azo groups is 1. The van der Waals surface area contributed by atoms with Crippen molar-refractivity contribution in [2.45, 2.75) is 9.79 Å². The average Bonchev–Trinajstić information content (AvgIpc) is 2.65. The van der Waals surface area contributed by atoms with E-state index >= 15 is 0 Å². The number of benzene rings is 3. The van der Waals surface area contributed by atoms with E-state index in [1.807, 2.05) is 0 Å². The zero-order valence-electron chi connectivity index (χ0n) is 15.6. The number of fused-ring (bicyclic) bond motifs is 1. The molecular weight excluding hydrogens is 465 g/mol. The van der Waals surface area contributed by atoms with Crippen LogP contribution in [0.1, 0.15) is 0 Å². The summed E-state index contributed by atoms with van der Waals surface area (Å²) in [6.45, 7) is 0. The molecule has 0 unspecified atom stereocenters. The molecule has 0 fully saturated rings. The molecular formula is C16H11N3NaO9S2. The number of hydrogen-bond donors (Lipinski definition) is 3. The maximum atomic E-state index is 11.6. The molecule has 3 rings (SSSR count). The Labute approximate surface area is 197 Å². The molecule has 0 saturated carbocycles. The van der Waals surface area contributed by atoms with Crippen molar-refractivity contribution in [2.24, 2.45) is 10.2 Å². The Morgan fingerprint density at radius 3 is 2.00 bits per heavy atom. The minimum absolute atomic E-state index is 0. The minimum atomic E-state index is -4.93. The number of nitrogens with zero attached hydrogens (tertiary/aromatic N) is 3. The van der Waals surface area contributed by atoms with Gasteiger partial charge in [0.05, 0.1) is 15.5 Å². The standard InChI is InChI=1S/C16H11N3O9S2.Na/c20-16-14(30(26,27)28)8-9-7-12(29(23,24)25)5-6-13(9)15(16)18-17-10-1-3-11(4-2-10)19(21)22;/h1-8,20H,(H,23,24,25)(H,26,27,28);. The van der Waals surface area contributed by atoms with Crippen LogP contribution < -0.4 is 0 Å². The van der Waals surface area contributed by atoms with E-state index in [1.165, 1.54) is 12.1 Å². The van der Waals surface area contributed by atoms with Gasteiger partial charge in [0.15, 0.2) is 5.75 Å². The van der Waals surface area contributed by atoms with Gasteiger partial charge in [-0.3, -0.25) is 19.2 Å². The molecule has 0 aliphatic heterocycles. The van der Waals surface area contributed by atoms with Gasteiger partial charge in [0.1, 0.15) is 10.6 Å². The van der Waals surface area contributed by atoms with Crippen LogP contribution in [0.2, 0.25) is 0 Å². The number of aromatic hydroxyl groups is 1. The molecule has 0 spiro atoms. The summed E-state index contributed by atoms with van der Waals surface area (Å²) in [4.78, 5) is 8.55. The van der Waals surface area contributed by atoms with Crippen molar-refractivity contribution < 1.29 is 36.0 Å². The van der Waals surface area contributed by atoms with Gasteiger partial charge in [0.2, 0.25) is 0 Å². The van der Waals surface area contributed by atoms with Gasteiger partial charge in [-0.2, -0.15) is 21.9 Å². The van der Waals surface area contributed by atoms with Crippen LogP contribution in [0, 0.1) is 10.1 Å². The largest absolute Gasteiger partial charge is 0.504 e. The second-order valence-electron chi connectivity index (χ2n) is 5.88. The van der Waals surface area contributed by atoms with E-state index in [1.54, 1.807) is 0 Å². The first-order valence-corrected chi connectivity index (χ1v) is 10.7. The Morgan fingerprint density at radius 2 is 1.48 bits per heavy atom. The van der Waals surface area contributed by atoms with Gasteiger partial charge in [0.25, 0.3) is 25.9 Å². The number of nitro benzene ring substituents is 1. The SMILES string of the molecule is O=[N+]([O-])c1ccc(N=Nc2c(O)c(S(=O)(=O)O)cc3cc(S(=O)(=O)O)ccc23)cc1.[Na]. The number of non-ortho nitro benzene ring substituents is 1. The molecule has 15 heteroatoms. The van der Waals surface area contributed by atoms with Gasteiger partial charge in [-0.1, -0.05) is 6.07 Å². The molecule has 0 aliphatic carbocycles. The number of rotatable bonds is 5. The predicted octanol–water partition coefficient (Wildman–Crippen LogP) is 2.98. The van der Waals surface area contributed by atoms with Crippen molar-refractivity contribution >= 4 is 77.6 Å². The van der Waals surface area contributed by atoms with Crippen LogP contribution in [0.4, 0.5) is 17.1 Å². The summed E-state index contributed by atoms with van der Waals surface area (Å²) in [6, 6.07) is 8.68. The topological polar surface area (TPSA) is 197 Å². The number of hydrogen-bond acceptors (Lipinski definition) is 9. The zero-order valence-corrected chi connectivity index (χ0v) is 19.2. The first-order chi connectivity index (χ1) is 13.9. The van der Waals surface area contributed by atoms with Gasteiger partial charge in [-0.05, 0) is 35.7 Å². The van der Waals surface area contributed by atoms with Crippen LogP contribution >= 0.6 is 0 Å². The summed E-state index contributed by atoms with van der Waals surface area (Å²) in [5, 5.41) is 28.5. The third kappa shape index (κ3) is 5.43. The second kappa shape index (κ2) is 8.96. The Bertz CT molecular complexity index is 1420. The Hall–Kier alpha value is -2.46. The molecule has 0 bridgehead atoms. The summed E-state index contributed by atoms with van der Waals surface area (Å²) in [5.74, 6) is -0.949. The van der Waals surface area contributed by atoms with Crippen molar-refractivity contribution in [1.29, 1.82) is 0 Å². The van der Waals surface area contributed by atoms with Crippen LogP contribution in [0.25, 0.3) is 10.8 Å². The van der Waals surface area contributed by atoms with Crippen LogP contribution in [0.15, 0.2) is 68.6 Å². The van der Waals surface area contributed by atoms with Crippen LogP contribution in [0.5, 0.6) is 5.75 Å². The fraction of sp³-hybridized carbons (Fsp3) is 0. The Balaban J connectivity index is 0.00000341. The molecule has 1 radical (unpaired) electrons. The molecule has 31 heavy (non-hydrogen) atoms. The average molecular weight is 476 g/mol. The fourth-order valence-corrected chi connectivity index (χ4v) is 3.67. The van der Waals surface area contributed by atoms with E-state index in [9.17, 15) is 41.2 Å². The van der Waals surface area contributed by atoms with Gasteiger partial charge >= 0.3 is 0 Å². The molecule has 157 valence electrons. The molecule has 3 aromatic carbocycles. The van der Waals surface area contributed by atoms with Crippen molar-refractivity contribution in [3.05, 3.63) is 58.6 Å². The van der Waals surface area contributed by atoms with E-state index in [0.29, 0.717) is 0 Å². The summed E-state index contributed by atoms with van der Waals surface area (Å²) in [5.41, 5.74) is -0.492. The van der Waals surface area contributed by atoms with Gasteiger partial charge in [0, 0.05) is 47.1 Å². The molecule has 0 aromatic heterocycles. The van der Waals surface area contributed by atoms with Crippen molar-refractivity contribution in [2.75, 3.05) is 0 Å². The van der Waals surface area contributed by atoms with E-state index in [-0.39, 0.29) is 51.7 Å². The number of phenolic OH excluding ortho intramolecular Hbond substituents is 1. The summed E-state index contributed by atoms with van der Waals surface area (Å²) in [7, 11) is -9.55. The molecule has 0 amide bonds. The summed E-state index contributed by atoms with van der Waals surface area (Å²) < 4.78 is 64.4. The van der Waals surface area contributed by atoms with Crippen molar-refractivity contribution in [3.8, 4) is 5.75 Å². The van der Waals surface area contributed by atoms with Crippen molar-refractivity contribution in [3.63, 3.8) is 0 Å². The van der Waals surface area contributed by atoms with E-state index in [2.05, 4.69) is 10.2 Å². The maximum Gasteiger partial charge on any atom is 0.298 e. The molecule has 12 nitrogen and oxygen atoms in total. The van der Waals surface area contributed by atoms with Gasteiger partial charge in [-0.25, -0.2) is 0 Å². The molecule has 3 aromatic rings. The molecule has 3 N–H and O–H groups in total. The monoisotopic (exact) mass is 476 g/mol. The van der Waals surface area contributed by atoms with Gasteiger partial charge in [-0.15, -0.1) is 5.11 Å². The van der Waals surface area contributed by atoms with Crippen molar-refractivity contribution in [1.82, 2.24) is 0 Å². The quantitative estimate of drug-likeness (QED) is 0.163. The normalized spacial score (nSPS) is 12.1. The summed E-state index contributed by atoms with van der Waals surface area (Å²) in [6.07, 6.45) is 0. The van der Waals surface area contributed by atoms with E-state index < -0.39 is 46.4 Å². The maximum absolute atomic E-state index is 11.6. The Morgan fingerprint density at radius 1 is 0.871 bits per heavy atom. The third-order valence-corrected chi connectivity index (χ3v) is 5.64. The Kier molecular flexibility index (Phi) is 7.17. The number of nitro groups is 1. The first kappa shape index (κ1) is 24.8. The van der Waals surface area contributed by atoms with Crippen LogP contribution in [0.3, 0.4) is 0 Å². The fourth-order valence-electron chi connectivity index (χ4n) is 2.54. The molecule has 0 saturated heterocycles. The second-order valence-corrected chi connectivity index (χ2v) is 8.69. The van der Waals surface area contributed by atoms with Gasteiger partial charge < -0.3 is 5.11 Å². The minimum Gasteiger partial charge on any atom is -0.504 e. The predicted molar refractivity (Wildman–Crippen MR) is 108 cm³/mol. The van der Waals surface area contributed by atoms with E-state index in [4.69, 9.17) is 0 Å². The molecule has 0 atom stereocenters. The molecule has 0 aliphatic rings.